The van der Waals surface area contributed by atoms with Gasteiger partial charge in [-0.1, -0.05) is 49.4 Å². The van der Waals surface area contributed by atoms with E-state index in [2.05, 4.69) is 54.7 Å². The molecule has 0 unspecified atom stereocenters. The average molecular weight is 251 g/mol. The van der Waals surface area contributed by atoms with E-state index < -0.39 is 0 Å². The van der Waals surface area contributed by atoms with Gasteiger partial charge in [0.2, 0.25) is 0 Å². The minimum atomic E-state index is 1.03. The van der Waals surface area contributed by atoms with Gasteiger partial charge in [0, 0.05) is 6.54 Å². The Balaban J connectivity index is 1.86. The van der Waals surface area contributed by atoms with Crippen LogP contribution in [-0.2, 0) is 25.8 Å². The number of benzene rings is 2. The zero-order valence-electron chi connectivity index (χ0n) is 11.6. The summed E-state index contributed by atoms with van der Waals surface area (Å²) >= 11 is 0. The topological polar surface area (TPSA) is 12.0 Å². The molecular formula is C18H21N. The third-order valence-electron chi connectivity index (χ3n) is 4.06. The van der Waals surface area contributed by atoms with Gasteiger partial charge in [0.1, 0.15) is 0 Å². The van der Waals surface area contributed by atoms with Crippen molar-refractivity contribution in [2.75, 3.05) is 6.54 Å². The van der Waals surface area contributed by atoms with Gasteiger partial charge in [-0.15, -0.1) is 0 Å². The van der Waals surface area contributed by atoms with E-state index in [0.29, 0.717) is 0 Å². The summed E-state index contributed by atoms with van der Waals surface area (Å²) in [6.07, 6.45) is 3.35. The van der Waals surface area contributed by atoms with E-state index in [0.717, 1.165) is 25.9 Å². The summed E-state index contributed by atoms with van der Waals surface area (Å²) in [6.45, 7) is 4.34. The summed E-state index contributed by atoms with van der Waals surface area (Å²) in [5.41, 5.74) is 7.39. The third kappa shape index (κ3) is 2.71. The Morgan fingerprint density at radius 1 is 1.00 bits per heavy atom. The smallest absolute Gasteiger partial charge is 0.0208 e. The fraction of sp³-hybridized carbons (Fsp3) is 0.333. The van der Waals surface area contributed by atoms with Crippen LogP contribution in [0.15, 0.2) is 42.5 Å². The number of hydrogen-bond acceptors (Lipinski definition) is 1. The molecule has 19 heavy (non-hydrogen) atoms. The molecule has 0 atom stereocenters. The Labute approximate surface area is 115 Å². The second-order valence-electron chi connectivity index (χ2n) is 5.33. The monoisotopic (exact) mass is 251 g/mol. The number of aryl methyl sites for hydroxylation is 1. The predicted molar refractivity (Wildman–Crippen MR) is 80.5 cm³/mol. The molecule has 1 aliphatic heterocycles. The van der Waals surface area contributed by atoms with Crippen LogP contribution in [0.3, 0.4) is 0 Å². The van der Waals surface area contributed by atoms with Crippen LogP contribution in [0.2, 0.25) is 0 Å². The average Bonchev–Trinajstić information content (AvgIpc) is 2.48. The molecule has 3 rings (SSSR count). The highest BCUT2D eigenvalue weighted by molar-refractivity contribution is 5.40. The fourth-order valence-corrected chi connectivity index (χ4v) is 2.89. The van der Waals surface area contributed by atoms with Crippen LogP contribution in [0.5, 0.6) is 0 Å². The second-order valence-corrected chi connectivity index (χ2v) is 5.33. The zero-order valence-corrected chi connectivity index (χ0v) is 11.6. The molecule has 0 radical (unpaired) electrons. The third-order valence-corrected chi connectivity index (χ3v) is 4.06. The van der Waals surface area contributed by atoms with Crippen LogP contribution >= 0.6 is 0 Å². The second kappa shape index (κ2) is 5.58. The van der Waals surface area contributed by atoms with Crippen LogP contribution < -0.4 is 5.32 Å². The molecule has 1 N–H and O–H groups in total. The van der Waals surface area contributed by atoms with E-state index in [1.807, 2.05) is 0 Å². The molecule has 2 aromatic rings. The minimum Gasteiger partial charge on any atom is -0.312 e. The SMILES string of the molecule is CCc1ccc(Cc2cccc3c2CCNC3)cc1. The van der Waals surface area contributed by atoms with Crippen molar-refractivity contribution in [2.45, 2.75) is 32.7 Å². The lowest BCUT2D eigenvalue weighted by molar-refractivity contribution is 0.640. The summed E-state index contributed by atoms with van der Waals surface area (Å²) in [6, 6.07) is 15.8. The molecule has 2 aromatic carbocycles. The molecular weight excluding hydrogens is 230 g/mol. The van der Waals surface area contributed by atoms with E-state index in [-0.39, 0.29) is 0 Å². The molecule has 0 saturated carbocycles. The van der Waals surface area contributed by atoms with Crippen LogP contribution in [0.25, 0.3) is 0 Å². The first kappa shape index (κ1) is 12.4. The molecule has 0 fully saturated rings. The maximum atomic E-state index is 3.45. The van der Waals surface area contributed by atoms with E-state index in [4.69, 9.17) is 0 Å². The van der Waals surface area contributed by atoms with Gasteiger partial charge in [0.15, 0.2) is 0 Å². The Morgan fingerprint density at radius 3 is 2.58 bits per heavy atom. The molecule has 0 saturated heterocycles. The van der Waals surface area contributed by atoms with Crippen molar-refractivity contribution in [2.24, 2.45) is 0 Å². The summed E-state index contributed by atoms with van der Waals surface area (Å²) in [4.78, 5) is 0. The van der Waals surface area contributed by atoms with Crippen molar-refractivity contribution in [1.82, 2.24) is 5.32 Å². The zero-order chi connectivity index (χ0) is 13.1. The van der Waals surface area contributed by atoms with Crippen LogP contribution in [0.1, 0.15) is 34.7 Å². The molecule has 1 nitrogen and oxygen atoms in total. The highest BCUT2D eigenvalue weighted by atomic mass is 14.9. The van der Waals surface area contributed by atoms with Crippen molar-refractivity contribution in [3.8, 4) is 0 Å². The standard InChI is InChI=1S/C18H21N/c1-2-14-6-8-15(9-7-14)12-16-4-3-5-17-13-19-11-10-18(16)17/h3-9,19H,2,10-13H2,1H3. The van der Waals surface area contributed by atoms with Crippen molar-refractivity contribution in [3.63, 3.8) is 0 Å². The first-order chi connectivity index (χ1) is 9.36. The van der Waals surface area contributed by atoms with Crippen molar-refractivity contribution in [3.05, 3.63) is 70.3 Å². The lowest BCUT2D eigenvalue weighted by Crippen LogP contribution is -2.24. The first-order valence-corrected chi connectivity index (χ1v) is 7.25. The minimum absolute atomic E-state index is 1.03. The number of hydrogen-bond donors (Lipinski definition) is 1. The van der Waals surface area contributed by atoms with Crippen molar-refractivity contribution < 1.29 is 0 Å². The number of fused-ring (bicyclic) bond motifs is 1. The van der Waals surface area contributed by atoms with Gasteiger partial charge in [0.05, 0.1) is 0 Å². The van der Waals surface area contributed by atoms with E-state index in [1.54, 1.807) is 5.56 Å². The fourth-order valence-electron chi connectivity index (χ4n) is 2.89. The van der Waals surface area contributed by atoms with Crippen molar-refractivity contribution in [1.29, 1.82) is 0 Å². The Bertz CT molecular complexity index is 554. The Hall–Kier alpha value is -1.60. The predicted octanol–water partition coefficient (Wildman–Crippen LogP) is 3.49. The quantitative estimate of drug-likeness (QED) is 0.880. The summed E-state index contributed by atoms with van der Waals surface area (Å²) in [7, 11) is 0. The molecule has 0 spiro atoms. The molecule has 0 bridgehead atoms. The summed E-state index contributed by atoms with van der Waals surface area (Å²) in [5.74, 6) is 0. The van der Waals surface area contributed by atoms with E-state index in [9.17, 15) is 0 Å². The lowest BCUT2D eigenvalue weighted by atomic mass is 9.91. The molecule has 1 aliphatic rings. The molecule has 0 amide bonds. The van der Waals surface area contributed by atoms with Crippen molar-refractivity contribution >= 4 is 0 Å². The normalized spacial score (nSPS) is 14.2. The molecule has 1 heteroatoms. The van der Waals surface area contributed by atoms with Gasteiger partial charge in [0.25, 0.3) is 0 Å². The highest BCUT2D eigenvalue weighted by Crippen LogP contribution is 2.21. The van der Waals surface area contributed by atoms with Gasteiger partial charge in [-0.3, -0.25) is 0 Å². The van der Waals surface area contributed by atoms with E-state index >= 15 is 0 Å². The maximum absolute atomic E-state index is 3.45. The van der Waals surface area contributed by atoms with Gasteiger partial charge >= 0.3 is 0 Å². The highest BCUT2D eigenvalue weighted by Gasteiger charge is 2.12. The summed E-state index contributed by atoms with van der Waals surface area (Å²) < 4.78 is 0. The van der Waals surface area contributed by atoms with Crippen LogP contribution in [0, 0.1) is 0 Å². The lowest BCUT2D eigenvalue weighted by Gasteiger charge is -2.20. The molecule has 0 aromatic heterocycles. The van der Waals surface area contributed by atoms with Gasteiger partial charge < -0.3 is 5.32 Å². The number of nitrogens with one attached hydrogen (secondary N) is 1. The summed E-state index contributed by atoms with van der Waals surface area (Å²) in [5, 5.41) is 3.45. The van der Waals surface area contributed by atoms with E-state index in [1.165, 1.54) is 28.7 Å². The van der Waals surface area contributed by atoms with Gasteiger partial charge in [-0.2, -0.15) is 0 Å². The van der Waals surface area contributed by atoms with Gasteiger partial charge in [-0.05, 0) is 53.6 Å². The maximum Gasteiger partial charge on any atom is 0.0208 e. The molecule has 98 valence electrons. The Morgan fingerprint density at radius 2 is 1.79 bits per heavy atom. The van der Waals surface area contributed by atoms with Gasteiger partial charge in [-0.25, -0.2) is 0 Å². The molecule has 1 heterocycles. The Kier molecular flexibility index (Phi) is 3.65. The molecule has 0 aliphatic carbocycles. The van der Waals surface area contributed by atoms with Crippen LogP contribution in [0.4, 0.5) is 0 Å². The number of rotatable bonds is 3. The first-order valence-electron chi connectivity index (χ1n) is 7.25. The largest absolute Gasteiger partial charge is 0.312 e. The van der Waals surface area contributed by atoms with Crippen LogP contribution in [-0.4, -0.2) is 6.54 Å².